The zero-order valence-corrected chi connectivity index (χ0v) is 9.58. The van der Waals surface area contributed by atoms with Gasteiger partial charge >= 0.3 is 0 Å². The lowest BCUT2D eigenvalue weighted by molar-refractivity contribution is -0.134. The molecule has 0 aromatic rings. The van der Waals surface area contributed by atoms with Crippen molar-refractivity contribution >= 4 is 11.8 Å². The summed E-state index contributed by atoms with van der Waals surface area (Å²) in [5, 5.41) is 2.81. The summed E-state index contributed by atoms with van der Waals surface area (Å²) in [5.41, 5.74) is 0. The third-order valence-corrected chi connectivity index (χ3v) is 2.45. The van der Waals surface area contributed by atoms with Crippen LogP contribution in [0.2, 0.25) is 0 Å². The summed E-state index contributed by atoms with van der Waals surface area (Å²) in [5.74, 6) is 0.236. The Bertz CT molecular complexity index is 235. The molecule has 2 amide bonds. The van der Waals surface area contributed by atoms with Gasteiger partial charge in [-0.2, -0.15) is 0 Å². The van der Waals surface area contributed by atoms with Crippen molar-refractivity contribution in [2.24, 2.45) is 0 Å². The van der Waals surface area contributed by atoms with Crippen LogP contribution in [-0.4, -0.2) is 35.8 Å². The van der Waals surface area contributed by atoms with E-state index in [1.54, 1.807) is 0 Å². The number of amides is 2. The normalized spacial score (nSPS) is 15.0. The van der Waals surface area contributed by atoms with Gasteiger partial charge in [0.15, 0.2) is 0 Å². The minimum Gasteiger partial charge on any atom is -0.354 e. The van der Waals surface area contributed by atoms with Gasteiger partial charge in [0, 0.05) is 32.0 Å². The van der Waals surface area contributed by atoms with E-state index >= 15 is 0 Å². The highest BCUT2D eigenvalue weighted by Crippen LogP contribution is 2.09. The molecular formula is C11H20N2O2. The van der Waals surface area contributed by atoms with Crippen molar-refractivity contribution in [3.05, 3.63) is 0 Å². The molecule has 0 spiro atoms. The number of hydrogen-bond donors (Lipinski definition) is 1. The molecule has 4 heteroatoms. The van der Waals surface area contributed by atoms with Gasteiger partial charge in [-0.1, -0.05) is 0 Å². The van der Waals surface area contributed by atoms with Gasteiger partial charge in [-0.15, -0.1) is 0 Å². The molecule has 0 atom stereocenters. The molecule has 1 heterocycles. The molecule has 1 aliphatic heterocycles. The average Bonchev–Trinajstić information content (AvgIpc) is 1.98. The third kappa shape index (κ3) is 4.32. The predicted molar refractivity (Wildman–Crippen MR) is 58.3 cm³/mol. The third-order valence-electron chi connectivity index (χ3n) is 2.45. The molecule has 0 radical (unpaired) electrons. The number of carbonyl (C=O) groups is 2. The van der Waals surface area contributed by atoms with Crippen LogP contribution in [0.15, 0.2) is 0 Å². The van der Waals surface area contributed by atoms with Crippen LogP contribution in [0, 0.1) is 0 Å². The highest BCUT2D eigenvalue weighted by atomic mass is 16.2. The largest absolute Gasteiger partial charge is 0.354 e. The van der Waals surface area contributed by atoms with E-state index < -0.39 is 0 Å². The Morgan fingerprint density at radius 2 is 1.93 bits per heavy atom. The Morgan fingerprint density at radius 1 is 1.27 bits per heavy atom. The van der Waals surface area contributed by atoms with Gasteiger partial charge in [0.25, 0.3) is 0 Å². The van der Waals surface area contributed by atoms with Crippen molar-refractivity contribution in [2.75, 3.05) is 13.1 Å². The number of hydrogen-bond acceptors (Lipinski definition) is 2. The maximum Gasteiger partial charge on any atom is 0.222 e. The van der Waals surface area contributed by atoms with Crippen LogP contribution in [0.5, 0.6) is 0 Å². The van der Waals surface area contributed by atoms with E-state index in [0.29, 0.717) is 19.3 Å². The van der Waals surface area contributed by atoms with Gasteiger partial charge in [-0.05, 0) is 26.7 Å². The Kier molecular flexibility index (Phi) is 4.59. The van der Waals surface area contributed by atoms with Crippen molar-refractivity contribution in [3.8, 4) is 0 Å². The summed E-state index contributed by atoms with van der Waals surface area (Å²) in [4.78, 5) is 24.5. The number of nitrogens with zero attached hydrogens (tertiary/aromatic N) is 1. The fraction of sp³-hybridized carbons (Fsp3) is 0.818. The second-order valence-electron chi connectivity index (χ2n) is 4.31. The fourth-order valence-corrected chi connectivity index (χ4v) is 1.52. The van der Waals surface area contributed by atoms with Crippen molar-refractivity contribution < 1.29 is 9.59 Å². The maximum absolute atomic E-state index is 11.4. The molecule has 1 rings (SSSR count). The molecule has 0 aromatic carbocycles. The summed E-state index contributed by atoms with van der Waals surface area (Å²) < 4.78 is 0. The molecule has 1 fully saturated rings. The summed E-state index contributed by atoms with van der Waals surface area (Å²) in [6.07, 6.45) is 2.75. The molecule has 15 heavy (non-hydrogen) atoms. The second kappa shape index (κ2) is 5.73. The first-order chi connectivity index (χ1) is 7.09. The highest BCUT2D eigenvalue weighted by molar-refractivity contribution is 5.79. The fourth-order valence-electron chi connectivity index (χ4n) is 1.52. The van der Waals surface area contributed by atoms with E-state index in [1.807, 2.05) is 18.7 Å². The lowest BCUT2D eigenvalue weighted by Gasteiger charge is -2.30. The molecule has 1 aliphatic rings. The Hall–Kier alpha value is -1.06. The zero-order chi connectivity index (χ0) is 11.3. The first kappa shape index (κ1) is 12.0. The average molecular weight is 212 g/mol. The number of likely N-dealkylation sites (tertiary alicyclic amines) is 1. The molecule has 86 valence electrons. The molecule has 4 nitrogen and oxygen atoms in total. The Labute approximate surface area is 91.0 Å². The van der Waals surface area contributed by atoms with Gasteiger partial charge in [0.2, 0.25) is 11.8 Å². The van der Waals surface area contributed by atoms with E-state index in [0.717, 1.165) is 19.5 Å². The SMILES string of the molecule is CC(C)NC(=O)CCCC(=O)N1CCC1. The van der Waals surface area contributed by atoms with Gasteiger partial charge in [0.05, 0.1) is 0 Å². The first-order valence-electron chi connectivity index (χ1n) is 5.66. The highest BCUT2D eigenvalue weighted by Gasteiger charge is 2.19. The van der Waals surface area contributed by atoms with E-state index in [4.69, 9.17) is 0 Å². The van der Waals surface area contributed by atoms with Crippen LogP contribution in [0.1, 0.15) is 39.5 Å². The molecule has 1 N–H and O–H groups in total. The molecule has 0 aliphatic carbocycles. The van der Waals surface area contributed by atoms with Crippen molar-refractivity contribution in [1.29, 1.82) is 0 Å². The van der Waals surface area contributed by atoms with E-state index in [1.165, 1.54) is 0 Å². The van der Waals surface area contributed by atoms with Crippen LogP contribution in [-0.2, 0) is 9.59 Å². The van der Waals surface area contributed by atoms with Crippen LogP contribution < -0.4 is 5.32 Å². The molecule has 0 bridgehead atoms. The predicted octanol–water partition coefficient (Wildman–Crippen LogP) is 0.914. The smallest absolute Gasteiger partial charge is 0.222 e. The zero-order valence-electron chi connectivity index (χ0n) is 9.58. The van der Waals surface area contributed by atoms with Crippen molar-refractivity contribution in [2.45, 2.75) is 45.6 Å². The molecular weight excluding hydrogens is 192 g/mol. The van der Waals surface area contributed by atoms with Gasteiger partial charge in [-0.25, -0.2) is 0 Å². The number of rotatable bonds is 5. The second-order valence-corrected chi connectivity index (χ2v) is 4.31. The lowest BCUT2D eigenvalue weighted by Crippen LogP contribution is -2.42. The van der Waals surface area contributed by atoms with Gasteiger partial charge in [-0.3, -0.25) is 9.59 Å². The lowest BCUT2D eigenvalue weighted by atomic mass is 10.1. The van der Waals surface area contributed by atoms with E-state index in [2.05, 4.69) is 5.32 Å². The van der Waals surface area contributed by atoms with Crippen molar-refractivity contribution in [1.82, 2.24) is 10.2 Å². The van der Waals surface area contributed by atoms with E-state index in [9.17, 15) is 9.59 Å². The van der Waals surface area contributed by atoms with E-state index in [-0.39, 0.29) is 17.9 Å². The summed E-state index contributed by atoms with van der Waals surface area (Å²) in [6.45, 7) is 5.67. The first-order valence-corrected chi connectivity index (χ1v) is 5.66. The van der Waals surface area contributed by atoms with Crippen LogP contribution in [0.4, 0.5) is 0 Å². The number of carbonyl (C=O) groups excluding carboxylic acids is 2. The topological polar surface area (TPSA) is 49.4 Å². The van der Waals surface area contributed by atoms with Crippen LogP contribution in [0.3, 0.4) is 0 Å². The summed E-state index contributed by atoms with van der Waals surface area (Å²) in [7, 11) is 0. The quantitative estimate of drug-likeness (QED) is 0.736. The molecule has 1 saturated heterocycles. The van der Waals surface area contributed by atoms with Gasteiger partial charge in [0.1, 0.15) is 0 Å². The van der Waals surface area contributed by atoms with Crippen LogP contribution in [0.25, 0.3) is 0 Å². The minimum atomic E-state index is 0.0430. The van der Waals surface area contributed by atoms with Crippen LogP contribution >= 0.6 is 0 Å². The molecule has 0 saturated carbocycles. The molecule has 0 aromatic heterocycles. The van der Waals surface area contributed by atoms with Gasteiger partial charge < -0.3 is 10.2 Å². The monoisotopic (exact) mass is 212 g/mol. The standard InChI is InChI=1S/C11H20N2O2/c1-9(2)12-10(14)5-3-6-11(15)13-7-4-8-13/h9H,3-8H2,1-2H3,(H,12,14). The van der Waals surface area contributed by atoms with Crippen molar-refractivity contribution in [3.63, 3.8) is 0 Å². The maximum atomic E-state index is 11.4. The minimum absolute atomic E-state index is 0.0430. The summed E-state index contributed by atoms with van der Waals surface area (Å²) >= 11 is 0. The Morgan fingerprint density at radius 3 is 2.40 bits per heavy atom. The Balaban J connectivity index is 2.04. The molecule has 0 unspecified atom stereocenters. The number of nitrogens with one attached hydrogen (secondary N) is 1. The summed E-state index contributed by atoms with van der Waals surface area (Å²) in [6, 6.07) is 0.184.